The van der Waals surface area contributed by atoms with Crippen LogP contribution in [0.2, 0.25) is 0 Å². The first-order chi connectivity index (χ1) is 10.6. The van der Waals surface area contributed by atoms with Crippen LogP contribution in [-0.4, -0.2) is 36.8 Å². The van der Waals surface area contributed by atoms with Crippen molar-refractivity contribution < 1.29 is 14.8 Å². The van der Waals surface area contributed by atoms with E-state index in [9.17, 15) is 15.2 Å². The molecule has 0 unspecified atom stereocenters. The molecule has 1 aromatic carbocycles. The molecular weight excluding hydrogens is 284 g/mol. The van der Waals surface area contributed by atoms with E-state index < -0.39 is 0 Å². The molecule has 0 atom stereocenters. The fourth-order valence-corrected chi connectivity index (χ4v) is 3.23. The van der Waals surface area contributed by atoms with Crippen LogP contribution in [0, 0.1) is 16.0 Å². The molecule has 120 valence electrons. The average molecular weight is 306 g/mol. The van der Waals surface area contributed by atoms with Gasteiger partial charge in [-0.3, -0.25) is 10.1 Å². The Labute approximate surface area is 129 Å². The standard InChI is InChI=1S/C16H22N2O4/c1-22-16-9-14(17-6-4-11(10-19)5-7-17)13(12-2-3-12)8-15(16)18(20)21/h8-9,11-12,19H,2-7,10H2,1H3. The molecule has 0 spiro atoms. The van der Waals surface area contributed by atoms with Crippen LogP contribution in [0.5, 0.6) is 5.75 Å². The fraction of sp³-hybridized carbons (Fsp3) is 0.625. The van der Waals surface area contributed by atoms with Gasteiger partial charge in [-0.2, -0.15) is 0 Å². The molecule has 6 nitrogen and oxygen atoms in total. The zero-order valence-electron chi connectivity index (χ0n) is 12.8. The summed E-state index contributed by atoms with van der Waals surface area (Å²) in [4.78, 5) is 13.1. The second-order valence-corrected chi connectivity index (χ2v) is 6.23. The summed E-state index contributed by atoms with van der Waals surface area (Å²) in [6.45, 7) is 2.00. The number of nitro benzene ring substituents is 1. The number of methoxy groups -OCH3 is 1. The van der Waals surface area contributed by atoms with Gasteiger partial charge in [0.2, 0.25) is 0 Å². The Morgan fingerprint density at radius 1 is 1.32 bits per heavy atom. The molecule has 1 heterocycles. The number of hydrogen-bond donors (Lipinski definition) is 1. The van der Waals surface area contributed by atoms with E-state index in [1.807, 2.05) is 6.07 Å². The number of anilines is 1. The second-order valence-electron chi connectivity index (χ2n) is 6.23. The molecule has 0 bridgehead atoms. The molecule has 2 fully saturated rings. The van der Waals surface area contributed by atoms with Crippen molar-refractivity contribution in [2.45, 2.75) is 31.6 Å². The van der Waals surface area contributed by atoms with Crippen LogP contribution < -0.4 is 9.64 Å². The molecule has 0 aromatic heterocycles. The van der Waals surface area contributed by atoms with Crippen molar-refractivity contribution in [1.82, 2.24) is 0 Å². The molecule has 1 aliphatic carbocycles. The molecule has 3 rings (SSSR count). The highest BCUT2D eigenvalue weighted by atomic mass is 16.6. The Morgan fingerprint density at radius 3 is 2.50 bits per heavy atom. The van der Waals surface area contributed by atoms with E-state index in [1.54, 1.807) is 6.07 Å². The third kappa shape index (κ3) is 2.88. The van der Waals surface area contributed by atoms with Gasteiger partial charge in [0.15, 0.2) is 5.75 Å². The molecule has 1 saturated carbocycles. The highest BCUT2D eigenvalue weighted by Crippen LogP contribution is 2.48. The monoisotopic (exact) mass is 306 g/mol. The summed E-state index contributed by atoms with van der Waals surface area (Å²) in [7, 11) is 1.47. The first kappa shape index (κ1) is 15.1. The number of aliphatic hydroxyl groups is 1. The lowest BCUT2D eigenvalue weighted by molar-refractivity contribution is -0.385. The average Bonchev–Trinajstić information content (AvgIpc) is 3.38. The molecule has 0 amide bonds. The van der Waals surface area contributed by atoms with Crippen molar-refractivity contribution in [2.75, 3.05) is 31.7 Å². The van der Waals surface area contributed by atoms with Gasteiger partial charge in [0, 0.05) is 37.5 Å². The van der Waals surface area contributed by atoms with Crippen LogP contribution in [-0.2, 0) is 0 Å². The third-order valence-electron chi connectivity index (χ3n) is 4.76. The van der Waals surface area contributed by atoms with Crippen LogP contribution in [0.3, 0.4) is 0 Å². The van der Waals surface area contributed by atoms with Crippen LogP contribution >= 0.6 is 0 Å². The minimum absolute atomic E-state index is 0.0541. The molecule has 1 aromatic rings. The number of rotatable bonds is 5. The van der Waals surface area contributed by atoms with Gasteiger partial charge >= 0.3 is 5.69 Å². The molecular formula is C16H22N2O4. The molecule has 1 aliphatic heterocycles. The number of piperidine rings is 1. The zero-order chi connectivity index (χ0) is 15.7. The van der Waals surface area contributed by atoms with E-state index in [1.165, 1.54) is 7.11 Å². The lowest BCUT2D eigenvalue weighted by Crippen LogP contribution is -2.35. The number of ether oxygens (including phenoxy) is 1. The van der Waals surface area contributed by atoms with E-state index >= 15 is 0 Å². The maximum absolute atomic E-state index is 11.2. The molecule has 6 heteroatoms. The number of benzene rings is 1. The van der Waals surface area contributed by atoms with E-state index in [0.29, 0.717) is 17.6 Å². The van der Waals surface area contributed by atoms with Gasteiger partial charge in [-0.05, 0) is 43.1 Å². The fourth-order valence-electron chi connectivity index (χ4n) is 3.23. The predicted octanol–water partition coefficient (Wildman–Crippen LogP) is 2.69. The number of hydrogen-bond acceptors (Lipinski definition) is 5. The van der Waals surface area contributed by atoms with Crippen LogP contribution in [0.15, 0.2) is 12.1 Å². The van der Waals surface area contributed by atoms with Crippen LogP contribution in [0.25, 0.3) is 0 Å². The molecule has 2 aliphatic rings. The topological polar surface area (TPSA) is 75.8 Å². The molecule has 1 saturated heterocycles. The van der Waals surface area contributed by atoms with Crippen molar-refractivity contribution in [3.05, 3.63) is 27.8 Å². The van der Waals surface area contributed by atoms with Gasteiger partial charge < -0.3 is 14.7 Å². The van der Waals surface area contributed by atoms with Gasteiger partial charge in [-0.1, -0.05) is 0 Å². The lowest BCUT2D eigenvalue weighted by atomic mass is 9.96. The Balaban J connectivity index is 1.94. The number of nitro groups is 1. The summed E-state index contributed by atoms with van der Waals surface area (Å²) in [5, 5.41) is 20.5. The number of aliphatic hydroxyl groups excluding tert-OH is 1. The lowest BCUT2D eigenvalue weighted by Gasteiger charge is -2.34. The minimum Gasteiger partial charge on any atom is -0.490 e. The normalized spacial score (nSPS) is 19.3. The van der Waals surface area contributed by atoms with Crippen molar-refractivity contribution in [2.24, 2.45) is 5.92 Å². The van der Waals surface area contributed by atoms with Crippen LogP contribution in [0.1, 0.15) is 37.2 Å². The van der Waals surface area contributed by atoms with Gasteiger partial charge in [0.05, 0.1) is 12.0 Å². The predicted molar refractivity (Wildman–Crippen MR) is 83.6 cm³/mol. The van der Waals surface area contributed by atoms with Gasteiger partial charge in [0.1, 0.15) is 0 Å². The van der Waals surface area contributed by atoms with E-state index in [-0.39, 0.29) is 17.2 Å². The molecule has 1 N–H and O–H groups in total. The second kappa shape index (κ2) is 6.12. The van der Waals surface area contributed by atoms with E-state index in [4.69, 9.17) is 4.74 Å². The Bertz CT molecular complexity index is 564. The summed E-state index contributed by atoms with van der Waals surface area (Å²) >= 11 is 0. The van der Waals surface area contributed by atoms with Crippen LogP contribution in [0.4, 0.5) is 11.4 Å². The molecule has 0 radical (unpaired) electrons. The van der Waals surface area contributed by atoms with E-state index in [0.717, 1.165) is 50.0 Å². The largest absolute Gasteiger partial charge is 0.490 e. The van der Waals surface area contributed by atoms with Crippen molar-refractivity contribution >= 4 is 11.4 Å². The highest BCUT2D eigenvalue weighted by Gasteiger charge is 2.32. The Kier molecular flexibility index (Phi) is 4.20. The van der Waals surface area contributed by atoms with Gasteiger partial charge in [-0.25, -0.2) is 0 Å². The molecule has 22 heavy (non-hydrogen) atoms. The maximum atomic E-state index is 11.2. The van der Waals surface area contributed by atoms with Crippen molar-refractivity contribution in [3.8, 4) is 5.75 Å². The smallest absolute Gasteiger partial charge is 0.311 e. The van der Waals surface area contributed by atoms with Crippen molar-refractivity contribution in [1.29, 1.82) is 0 Å². The summed E-state index contributed by atoms with van der Waals surface area (Å²) in [5.41, 5.74) is 2.20. The third-order valence-corrected chi connectivity index (χ3v) is 4.76. The first-order valence-electron chi connectivity index (χ1n) is 7.86. The van der Waals surface area contributed by atoms with E-state index in [2.05, 4.69) is 4.90 Å². The number of nitrogens with zero attached hydrogens (tertiary/aromatic N) is 2. The highest BCUT2D eigenvalue weighted by molar-refractivity contribution is 5.66. The summed E-state index contributed by atoms with van der Waals surface area (Å²) in [6.07, 6.45) is 4.12. The maximum Gasteiger partial charge on any atom is 0.311 e. The van der Waals surface area contributed by atoms with Gasteiger partial charge in [-0.15, -0.1) is 0 Å². The summed E-state index contributed by atoms with van der Waals surface area (Å²) in [6, 6.07) is 3.52. The zero-order valence-corrected chi connectivity index (χ0v) is 12.8. The SMILES string of the molecule is COc1cc(N2CCC(CO)CC2)c(C2CC2)cc1[N+](=O)[O-]. The Hall–Kier alpha value is -1.82. The summed E-state index contributed by atoms with van der Waals surface area (Å²) in [5.74, 6) is 1.14. The van der Waals surface area contributed by atoms with Gasteiger partial charge in [0.25, 0.3) is 0 Å². The first-order valence-corrected chi connectivity index (χ1v) is 7.86. The summed E-state index contributed by atoms with van der Waals surface area (Å²) < 4.78 is 5.23. The quantitative estimate of drug-likeness (QED) is 0.668. The van der Waals surface area contributed by atoms with Crippen molar-refractivity contribution in [3.63, 3.8) is 0 Å². The Morgan fingerprint density at radius 2 is 2.00 bits per heavy atom. The minimum atomic E-state index is -0.369.